The molecule has 0 saturated heterocycles. The molecule has 0 saturated carbocycles. The predicted molar refractivity (Wildman–Crippen MR) is 144 cm³/mol. The number of carbonyl (C=O) groups excluding carboxylic acids is 1. The number of benzene rings is 3. The molecular formula is C28H26BrN3O5. The van der Waals surface area contributed by atoms with Crippen molar-refractivity contribution < 1.29 is 19.2 Å². The van der Waals surface area contributed by atoms with Crippen molar-refractivity contribution in [2.45, 2.75) is 26.4 Å². The molecule has 1 N–H and O–H groups in total. The molecular weight excluding hydrogens is 538 g/mol. The van der Waals surface area contributed by atoms with Crippen LogP contribution in [0, 0.1) is 21.4 Å². The molecule has 3 aromatic carbocycles. The number of nitrogens with zero attached hydrogens (tertiary/aromatic N) is 2. The average Bonchev–Trinajstić information content (AvgIpc) is 2.91. The van der Waals surface area contributed by atoms with Crippen molar-refractivity contribution in [3.05, 3.63) is 104 Å². The fourth-order valence-corrected chi connectivity index (χ4v) is 3.94. The van der Waals surface area contributed by atoms with E-state index in [4.69, 9.17) is 9.47 Å². The molecule has 0 aromatic heterocycles. The van der Waals surface area contributed by atoms with Crippen LogP contribution in [-0.2, 0) is 17.8 Å². The Balaban J connectivity index is 1.70. The van der Waals surface area contributed by atoms with Crippen molar-refractivity contribution >= 4 is 33.6 Å². The first-order valence-electron chi connectivity index (χ1n) is 11.7. The van der Waals surface area contributed by atoms with Gasteiger partial charge in [-0.1, -0.05) is 58.4 Å². The van der Waals surface area contributed by atoms with Crippen molar-refractivity contribution in [2.75, 3.05) is 13.2 Å². The maximum Gasteiger partial charge on any atom is 0.269 e. The first-order chi connectivity index (χ1) is 17.9. The Morgan fingerprint density at radius 1 is 1.08 bits per heavy atom. The molecule has 0 radical (unpaired) electrons. The smallest absolute Gasteiger partial charge is 0.269 e. The Bertz CT molecular complexity index is 1320. The third-order valence-corrected chi connectivity index (χ3v) is 6.00. The lowest BCUT2D eigenvalue weighted by Gasteiger charge is -2.14. The van der Waals surface area contributed by atoms with Gasteiger partial charge in [0.2, 0.25) is 0 Å². The van der Waals surface area contributed by atoms with E-state index in [9.17, 15) is 20.2 Å². The van der Waals surface area contributed by atoms with E-state index in [1.807, 2.05) is 43.3 Å². The molecule has 3 rings (SSSR count). The molecule has 3 aromatic rings. The van der Waals surface area contributed by atoms with Crippen LogP contribution in [0.4, 0.5) is 5.69 Å². The van der Waals surface area contributed by atoms with Gasteiger partial charge >= 0.3 is 0 Å². The number of nitro groups is 1. The minimum atomic E-state index is -0.459. The molecule has 9 heteroatoms. The van der Waals surface area contributed by atoms with E-state index in [0.29, 0.717) is 40.3 Å². The van der Waals surface area contributed by atoms with E-state index in [1.165, 1.54) is 23.8 Å². The largest absolute Gasteiger partial charge is 0.490 e. The fraction of sp³-hybridized carbons (Fsp3) is 0.214. The van der Waals surface area contributed by atoms with Gasteiger partial charge in [0.1, 0.15) is 18.2 Å². The third-order valence-electron chi connectivity index (χ3n) is 5.31. The number of hydrogen-bond donors (Lipinski definition) is 1. The van der Waals surface area contributed by atoms with E-state index in [-0.39, 0.29) is 17.9 Å². The second-order valence-electron chi connectivity index (χ2n) is 7.98. The molecule has 0 atom stereocenters. The SMILES string of the molecule is CCOc1cc(/C=C(/C#N)C(=O)NCCCc2ccccc2)c(Br)cc1OCc1cccc([N+](=O)[O-])c1. The van der Waals surface area contributed by atoms with E-state index < -0.39 is 10.8 Å². The molecule has 0 fully saturated rings. The number of carbonyl (C=O) groups is 1. The Morgan fingerprint density at radius 3 is 2.51 bits per heavy atom. The van der Waals surface area contributed by atoms with Gasteiger partial charge in [0, 0.05) is 23.2 Å². The summed E-state index contributed by atoms with van der Waals surface area (Å²) in [7, 11) is 0. The van der Waals surface area contributed by atoms with Gasteiger partial charge in [-0.3, -0.25) is 14.9 Å². The maximum atomic E-state index is 12.6. The predicted octanol–water partition coefficient (Wildman–Crippen LogP) is 5.99. The standard InChI is InChI=1S/C28H26BrN3O5/c1-2-36-26-16-22(15-23(18-30)28(33)31-13-7-11-20-8-4-3-5-9-20)25(29)17-27(26)37-19-21-10-6-12-24(14-21)32(34)35/h3-6,8-10,12,14-17H,2,7,11,13,19H2,1H3,(H,31,33)/b23-15-. The van der Waals surface area contributed by atoms with Crippen LogP contribution < -0.4 is 14.8 Å². The number of amides is 1. The van der Waals surface area contributed by atoms with Gasteiger partial charge < -0.3 is 14.8 Å². The van der Waals surface area contributed by atoms with Crippen molar-refractivity contribution in [2.24, 2.45) is 0 Å². The topological polar surface area (TPSA) is 114 Å². The summed E-state index contributed by atoms with van der Waals surface area (Å²) < 4.78 is 12.2. The molecule has 0 aliphatic rings. The highest BCUT2D eigenvalue weighted by molar-refractivity contribution is 9.10. The van der Waals surface area contributed by atoms with Crippen molar-refractivity contribution in [3.8, 4) is 17.6 Å². The highest BCUT2D eigenvalue weighted by Crippen LogP contribution is 2.35. The van der Waals surface area contributed by atoms with Crippen molar-refractivity contribution in [1.29, 1.82) is 5.26 Å². The number of aryl methyl sites for hydroxylation is 1. The number of nitro benzene ring substituents is 1. The van der Waals surface area contributed by atoms with Gasteiger partial charge in [-0.15, -0.1) is 0 Å². The second kappa shape index (κ2) is 13.8. The number of non-ortho nitro benzene ring substituents is 1. The number of ether oxygens (including phenoxy) is 2. The van der Waals surface area contributed by atoms with Crippen molar-refractivity contribution in [1.82, 2.24) is 5.32 Å². The lowest BCUT2D eigenvalue weighted by atomic mass is 10.1. The monoisotopic (exact) mass is 563 g/mol. The van der Waals surface area contributed by atoms with Crippen LogP contribution in [0.25, 0.3) is 6.08 Å². The summed E-state index contributed by atoms with van der Waals surface area (Å²) in [6.07, 6.45) is 3.07. The first kappa shape index (κ1) is 27.4. The Kier molecular flexibility index (Phi) is 10.2. The average molecular weight is 564 g/mol. The molecule has 0 heterocycles. The van der Waals surface area contributed by atoms with Gasteiger partial charge in [0.05, 0.1) is 11.5 Å². The Morgan fingerprint density at radius 2 is 1.81 bits per heavy atom. The zero-order valence-corrected chi connectivity index (χ0v) is 21.9. The van der Waals surface area contributed by atoms with Crippen molar-refractivity contribution in [3.63, 3.8) is 0 Å². The van der Waals surface area contributed by atoms with E-state index in [2.05, 4.69) is 21.2 Å². The van der Waals surface area contributed by atoms with Crippen LogP contribution in [0.2, 0.25) is 0 Å². The zero-order valence-electron chi connectivity index (χ0n) is 20.3. The van der Waals surface area contributed by atoms with Crippen LogP contribution >= 0.6 is 15.9 Å². The number of hydrogen-bond acceptors (Lipinski definition) is 6. The number of rotatable bonds is 12. The summed E-state index contributed by atoms with van der Waals surface area (Å²) in [5.74, 6) is 0.385. The lowest BCUT2D eigenvalue weighted by Crippen LogP contribution is -2.25. The molecule has 0 aliphatic carbocycles. The summed E-state index contributed by atoms with van der Waals surface area (Å²) in [6, 6.07) is 21.5. The van der Waals surface area contributed by atoms with Gasteiger partial charge in [-0.05, 0) is 54.7 Å². The summed E-state index contributed by atoms with van der Waals surface area (Å²) in [5.41, 5.74) is 2.34. The van der Waals surface area contributed by atoms with E-state index in [0.717, 1.165) is 12.8 Å². The fourth-order valence-electron chi connectivity index (χ4n) is 3.50. The van der Waals surface area contributed by atoms with Crippen LogP contribution in [0.3, 0.4) is 0 Å². The molecule has 0 spiro atoms. The highest BCUT2D eigenvalue weighted by atomic mass is 79.9. The summed E-state index contributed by atoms with van der Waals surface area (Å²) in [4.78, 5) is 23.2. The molecule has 1 amide bonds. The van der Waals surface area contributed by atoms with E-state index in [1.54, 1.807) is 24.3 Å². The maximum absolute atomic E-state index is 12.6. The lowest BCUT2D eigenvalue weighted by molar-refractivity contribution is -0.384. The Labute approximate surface area is 223 Å². The molecule has 0 bridgehead atoms. The summed E-state index contributed by atoms with van der Waals surface area (Å²) in [5, 5.41) is 23.4. The van der Waals surface area contributed by atoms with Gasteiger partial charge in [-0.2, -0.15) is 5.26 Å². The van der Waals surface area contributed by atoms with Crippen LogP contribution in [0.5, 0.6) is 11.5 Å². The summed E-state index contributed by atoms with van der Waals surface area (Å²) >= 11 is 3.48. The molecule has 0 unspecified atom stereocenters. The highest BCUT2D eigenvalue weighted by Gasteiger charge is 2.14. The van der Waals surface area contributed by atoms with E-state index >= 15 is 0 Å². The summed E-state index contributed by atoms with van der Waals surface area (Å²) in [6.45, 7) is 2.73. The van der Waals surface area contributed by atoms with Crippen LogP contribution in [-0.4, -0.2) is 24.0 Å². The third kappa shape index (κ3) is 8.19. The van der Waals surface area contributed by atoms with Gasteiger partial charge in [0.15, 0.2) is 11.5 Å². The quantitative estimate of drug-likeness (QED) is 0.0950. The molecule has 190 valence electrons. The van der Waals surface area contributed by atoms with Gasteiger partial charge in [-0.25, -0.2) is 0 Å². The molecule has 37 heavy (non-hydrogen) atoms. The minimum Gasteiger partial charge on any atom is -0.490 e. The number of halogens is 1. The first-order valence-corrected chi connectivity index (χ1v) is 12.5. The normalized spacial score (nSPS) is 10.9. The second-order valence-corrected chi connectivity index (χ2v) is 8.84. The number of nitrogens with one attached hydrogen (secondary N) is 1. The minimum absolute atomic E-state index is 0.0184. The van der Waals surface area contributed by atoms with Crippen LogP contribution in [0.1, 0.15) is 30.0 Å². The zero-order chi connectivity index (χ0) is 26.6. The molecule has 0 aliphatic heterocycles. The van der Waals surface area contributed by atoms with Crippen LogP contribution in [0.15, 0.2) is 76.8 Å². The Hall–Kier alpha value is -4.16. The molecule has 8 nitrogen and oxygen atoms in total. The van der Waals surface area contributed by atoms with Gasteiger partial charge in [0.25, 0.3) is 11.6 Å². The number of nitriles is 1.